The van der Waals surface area contributed by atoms with Crippen LogP contribution in [0.4, 0.5) is 24.5 Å². The number of nitro groups is 1. The molecule has 0 spiro atoms. The largest absolute Gasteiger partial charge is 0.494 e. The second-order valence-corrected chi connectivity index (χ2v) is 8.19. The zero-order valence-corrected chi connectivity index (χ0v) is 19.3. The van der Waals surface area contributed by atoms with E-state index in [1.165, 1.54) is 13.2 Å². The second-order valence-electron chi connectivity index (χ2n) is 8.19. The molecule has 186 valence electrons. The summed E-state index contributed by atoms with van der Waals surface area (Å²) in [4.78, 5) is 27.7. The minimum absolute atomic E-state index is 0.00361. The Morgan fingerprint density at radius 2 is 1.83 bits per heavy atom. The average molecular weight is 499 g/mol. The number of carbonyl (C=O) groups excluding carboxylic acids is 1. The highest BCUT2D eigenvalue weighted by Gasteiger charge is 2.36. The Kier molecular flexibility index (Phi) is 6.35. The van der Waals surface area contributed by atoms with Crippen LogP contribution in [0, 0.1) is 10.1 Å². The highest BCUT2D eigenvalue weighted by atomic mass is 19.4. The quantitative estimate of drug-likeness (QED) is 0.269. The zero-order valence-electron chi connectivity index (χ0n) is 19.3. The number of fused-ring (bicyclic) bond motifs is 1. The van der Waals surface area contributed by atoms with Crippen LogP contribution in [0.1, 0.15) is 41.4 Å². The molecule has 4 rings (SSSR count). The summed E-state index contributed by atoms with van der Waals surface area (Å²) in [5.41, 5.74) is -0.314. The van der Waals surface area contributed by atoms with Crippen LogP contribution in [0.2, 0.25) is 0 Å². The van der Waals surface area contributed by atoms with Gasteiger partial charge in [-0.1, -0.05) is 38.1 Å². The summed E-state index contributed by atoms with van der Waals surface area (Å²) in [5, 5.41) is 17.3. The standard InChI is InChI=1S/C24H20F3N5O4/c1-13(2)14-4-6-15(7-5-14)19-11-21(24(25,26)27)31-22(29-19)17(12-28-31)23(33)30-18-9-8-16(32(34)35)10-20(18)36-3/h4-13H,1-3H3,(H,30,33). The van der Waals surface area contributed by atoms with Crippen molar-refractivity contribution in [2.24, 2.45) is 0 Å². The molecule has 0 saturated carbocycles. The number of amides is 1. The van der Waals surface area contributed by atoms with Crippen LogP contribution in [0.3, 0.4) is 0 Å². The van der Waals surface area contributed by atoms with E-state index in [4.69, 9.17) is 4.74 Å². The van der Waals surface area contributed by atoms with Gasteiger partial charge in [-0.25, -0.2) is 9.50 Å². The van der Waals surface area contributed by atoms with E-state index in [2.05, 4.69) is 15.4 Å². The Labute approximate surface area is 202 Å². The minimum Gasteiger partial charge on any atom is -0.494 e. The van der Waals surface area contributed by atoms with Gasteiger partial charge in [-0.2, -0.15) is 18.3 Å². The van der Waals surface area contributed by atoms with Crippen LogP contribution < -0.4 is 10.1 Å². The van der Waals surface area contributed by atoms with Gasteiger partial charge in [0.2, 0.25) is 0 Å². The molecule has 4 aromatic rings. The summed E-state index contributed by atoms with van der Waals surface area (Å²) >= 11 is 0. The van der Waals surface area contributed by atoms with E-state index in [0.29, 0.717) is 10.1 Å². The predicted octanol–water partition coefficient (Wildman–Crippen LogP) is 5.71. The van der Waals surface area contributed by atoms with Crippen molar-refractivity contribution in [3.8, 4) is 17.0 Å². The van der Waals surface area contributed by atoms with E-state index < -0.39 is 22.7 Å². The van der Waals surface area contributed by atoms with Gasteiger partial charge in [-0.15, -0.1) is 0 Å². The molecule has 12 heteroatoms. The van der Waals surface area contributed by atoms with Crippen LogP contribution in [-0.4, -0.2) is 32.5 Å². The van der Waals surface area contributed by atoms with Crippen molar-refractivity contribution < 1.29 is 27.6 Å². The molecule has 0 bridgehead atoms. The molecule has 2 aromatic heterocycles. The predicted molar refractivity (Wildman–Crippen MR) is 125 cm³/mol. The number of methoxy groups -OCH3 is 1. The van der Waals surface area contributed by atoms with Gasteiger partial charge >= 0.3 is 6.18 Å². The topological polar surface area (TPSA) is 112 Å². The number of anilines is 1. The Balaban J connectivity index is 1.79. The van der Waals surface area contributed by atoms with Gasteiger partial charge in [0, 0.05) is 11.6 Å². The summed E-state index contributed by atoms with van der Waals surface area (Å²) in [6.45, 7) is 4.00. The molecule has 36 heavy (non-hydrogen) atoms. The molecule has 0 unspecified atom stereocenters. The van der Waals surface area contributed by atoms with Crippen molar-refractivity contribution in [3.05, 3.63) is 81.7 Å². The first-order chi connectivity index (χ1) is 17.0. The third-order valence-corrected chi connectivity index (χ3v) is 5.52. The number of non-ortho nitro benzene ring substituents is 1. The van der Waals surface area contributed by atoms with E-state index in [1.54, 1.807) is 12.1 Å². The lowest BCUT2D eigenvalue weighted by molar-refractivity contribution is -0.384. The summed E-state index contributed by atoms with van der Waals surface area (Å²) < 4.78 is 47.3. The maximum absolute atomic E-state index is 13.9. The fourth-order valence-electron chi connectivity index (χ4n) is 3.60. The first kappa shape index (κ1) is 24.6. The fourth-order valence-corrected chi connectivity index (χ4v) is 3.60. The maximum Gasteiger partial charge on any atom is 0.433 e. The smallest absolute Gasteiger partial charge is 0.433 e. The van der Waals surface area contributed by atoms with Crippen molar-refractivity contribution in [1.82, 2.24) is 14.6 Å². The van der Waals surface area contributed by atoms with Crippen molar-refractivity contribution >= 4 is 22.9 Å². The van der Waals surface area contributed by atoms with Gasteiger partial charge in [-0.05, 0) is 23.6 Å². The number of rotatable bonds is 6. The van der Waals surface area contributed by atoms with Crippen LogP contribution in [0.25, 0.3) is 16.9 Å². The summed E-state index contributed by atoms with van der Waals surface area (Å²) in [6.07, 6.45) is -3.79. The molecule has 0 aliphatic heterocycles. The molecule has 2 aromatic carbocycles. The summed E-state index contributed by atoms with van der Waals surface area (Å²) in [6, 6.07) is 11.4. The lowest BCUT2D eigenvalue weighted by atomic mass is 10.0. The van der Waals surface area contributed by atoms with E-state index in [1.807, 2.05) is 26.0 Å². The molecule has 9 nitrogen and oxygen atoms in total. The average Bonchev–Trinajstić information content (AvgIpc) is 3.27. The Morgan fingerprint density at radius 1 is 1.14 bits per heavy atom. The number of benzene rings is 2. The monoisotopic (exact) mass is 499 g/mol. The third-order valence-electron chi connectivity index (χ3n) is 5.52. The molecule has 1 amide bonds. The van der Waals surface area contributed by atoms with Crippen molar-refractivity contribution in [2.45, 2.75) is 25.9 Å². The van der Waals surface area contributed by atoms with Gasteiger partial charge in [0.15, 0.2) is 11.3 Å². The zero-order chi connectivity index (χ0) is 26.2. The highest BCUT2D eigenvalue weighted by Crippen LogP contribution is 2.34. The lowest BCUT2D eigenvalue weighted by Crippen LogP contribution is -2.16. The fraction of sp³-hybridized carbons (Fsp3) is 0.208. The van der Waals surface area contributed by atoms with Gasteiger partial charge in [0.05, 0.1) is 35.7 Å². The third kappa shape index (κ3) is 4.69. The SMILES string of the molecule is COc1cc([N+](=O)[O-])ccc1NC(=O)c1cnn2c(C(F)(F)F)cc(-c3ccc(C(C)C)cc3)nc12. The van der Waals surface area contributed by atoms with E-state index in [0.717, 1.165) is 30.0 Å². The van der Waals surface area contributed by atoms with E-state index in [-0.39, 0.29) is 39.9 Å². The Hall–Kier alpha value is -4.48. The van der Waals surface area contributed by atoms with Crippen molar-refractivity contribution in [1.29, 1.82) is 0 Å². The number of nitro benzene ring substituents is 1. The van der Waals surface area contributed by atoms with Crippen LogP contribution in [-0.2, 0) is 6.18 Å². The number of ether oxygens (including phenoxy) is 1. The number of halogens is 3. The molecular formula is C24H20F3N5O4. The minimum atomic E-state index is -4.77. The normalized spacial score (nSPS) is 11.6. The molecule has 1 N–H and O–H groups in total. The summed E-state index contributed by atoms with van der Waals surface area (Å²) in [7, 11) is 1.26. The number of hydrogen-bond donors (Lipinski definition) is 1. The van der Waals surface area contributed by atoms with E-state index in [9.17, 15) is 28.1 Å². The number of nitrogens with zero attached hydrogens (tertiary/aromatic N) is 4. The molecule has 0 aliphatic carbocycles. The number of alkyl halides is 3. The van der Waals surface area contributed by atoms with E-state index >= 15 is 0 Å². The molecule has 0 aliphatic rings. The molecule has 0 radical (unpaired) electrons. The maximum atomic E-state index is 13.9. The first-order valence-corrected chi connectivity index (χ1v) is 10.7. The molecule has 0 saturated heterocycles. The van der Waals surface area contributed by atoms with Gasteiger partial charge in [0.1, 0.15) is 11.3 Å². The van der Waals surface area contributed by atoms with Gasteiger partial charge in [0.25, 0.3) is 11.6 Å². The lowest BCUT2D eigenvalue weighted by Gasteiger charge is -2.13. The number of aromatic nitrogens is 3. The Bertz CT molecular complexity index is 1460. The molecule has 0 fully saturated rings. The van der Waals surface area contributed by atoms with Crippen molar-refractivity contribution in [3.63, 3.8) is 0 Å². The van der Waals surface area contributed by atoms with Gasteiger partial charge in [-0.3, -0.25) is 14.9 Å². The molecule has 2 heterocycles. The highest BCUT2D eigenvalue weighted by molar-refractivity contribution is 6.09. The number of nitrogens with one attached hydrogen (secondary N) is 1. The summed E-state index contributed by atoms with van der Waals surface area (Å²) in [5.74, 6) is -0.573. The van der Waals surface area contributed by atoms with Gasteiger partial charge < -0.3 is 10.1 Å². The molecule has 0 atom stereocenters. The van der Waals surface area contributed by atoms with Crippen LogP contribution in [0.5, 0.6) is 5.75 Å². The Morgan fingerprint density at radius 3 is 2.42 bits per heavy atom. The van der Waals surface area contributed by atoms with Crippen molar-refractivity contribution in [2.75, 3.05) is 12.4 Å². The molecular weight excluding hydrogens is 479 g/mol. The number of hydrogen-bond acceptors (Lipinski definition) is 6. The first-order valence-electron chi connectivity index (χ1n) is 10.7. The van der Waals surface area contributed by atoms with Crippen LogP contribution >= 0.6 is 0 Å². The number of carbonyl (C=O) groups is 1. The van der Waals surface area contributed by atoms with Crippen LogP contribution in [0.15, 0.2) is 54.7 Å². The second kappa shape index (κ2) is 9.29.